The van der Waals surface area contributed by atoms with Gasteiger partial charge in [-0.2, -0.15) is 0 Å². The first-order valence-electron chi connectivity index (χ1n) is 27.3. The van der Waals surface area contributed by atoms with Crippen LogP contribution in [0.1, 0.15) is 162 Å². The Morgan fingerprint density at radius 1 is 0.507 bits per heavy atom. The minimum atomic E-state index is -0.111. The molecule has 1 aromatic heterocycles. The number of benzene rings is 7. The molecule has 1 saturated carbocycles. The van der Waals surface area contributed by atoms with Crippen molar-refractivity contribution in [2.24, 2.45) is 0 Å². The Labute approximate surface area is 441 Å². The zero-order valence-electron chi connectivity index (χ0n) is 46.7. The largest absolute Gasteiger partial charge is 0.335 e. The molecule has 0 saturated heterocycles. The van der Waals surface area contributed by atoms with Crippen LogP contribution in [-0.2, 0) is 27.1 Å². The Balaban J connectivity index is 1.24. The summed E-state index contributed by atoms with van der Waals surface area (Å²) < 4.78 is 2.72. The lowest BCUT2D eigenvalue weighted by atomic mass is 9.33. The van der Waals surface area contributed by atoms with Gasteiger partial charge in [0.2, 0.25) is 0 Å². The van der Waals surface area contributed by atoms with Crippen molar-refractivity contribution in [1.29, 1.82) is 0 Å². The smallest absolute Gasteiger partial charge is 0.252 e. The van der Waals surface area contributed by atoms with Crippen molar-refractivity contribution >= 4 is 100 Å². The van der Waals surface area contributed by atoms with Crippen LogP contribution in [0.15, 0.2) is 121 Å². The van der Waals surface area contributed by atoms with Crippen LogP contribution in [0.3, 0.4) is 0 Å². The van der Waals surface area contributed by atoms with E-state index in [9.17, 15) is 0 Å². The molecule has 12 rings (SSSR count). The van der Waals surface area contributed by atoms with Gasteiger partial charge in [0.1, 0.15) is 0 Å². The fourth-order valence-electron chi connectivity index (χ4n) is 13.8. The van der Waals surface area contributed by atoms with Gasteiger partial charge in [0.05, 0.1) is 27.3 Å². The first-order valence-corrected chi connectivity index (χ1v) is 28.2. The highest BCUT2D eigenvalue weighted by atomic mass is 32.1. The van der Waals surface area contributed by atoms with E-state index in [-0.39, 0.29) is 39.3 Å². The van der Waals surface area contributed by atoms with Gasteiger partial charge in [-0.25, -0.2) is 0 Å². The molecule has 1 fully saturated rings. The summed E-state index contributed by atoms with van der Waals surface area (Å²) in [6, 6.07) is 48.8. The summed E-state index contributed by atoms with van der Waals surface area (Å²) in [5.41, 5.74) is 24.1. The predicted molar refractivity (Wildman–Crippen MR) is 320 cm³/mol. The van der Waals surface area contributed by atoms with Crippen LogP contribution in [0.2, 0.25) is 0 Å². The zero-order valence-corrected chi connectivity index (χ0v) is 47.5. The molecule has 7 aromatic carbocycles. The van der Waals surface area contributed by atoms with E-state index in [1.807, 2.05) is 11.3 Å². The van der Waals surface area contributed by atoms with Crippen LogP contribution in [0, 0.1) is 13.8 Å². The number of thiophene rings is 1. The van der Waals surface area contributed by atoms with Gasteiger partial charge < -0.3 is 14.7 Å². The number of aryl methyl sites for hydroxylation is 2. The molecule has 372 valence electrons. The lowest BCUT2D eigenvalue weighted by Gasteiger charge is -2.53. The SMILES string of the molecule is Cc1cc(C(C)(C)C)cc(C)c1N1c2cc(N(c3ccc(C(C)(C)C)cc3)c3ccc(C(C)(C)C)cc3)cc3c2B(c2cccc4c2N3C2(C)CCCCC42C)c2ccc3c(sc4cc(C(C)(C)C)ccc43)c21. The van der Waals surface area contributed by atoms with Gasteiger partial charge in [0.25, 0.3) is 6.71 Å². The van der Waals surface area contributed by atoms with Crippen LogP contribution in [0.5, 0.6) is 0 Å². The highest BCUT2D eigenvalue weighted by Gasteiger charge is 2.61. The number of para-hydroxylation sites is 1. The lowest BCUT2D eigenvalue weighted by Crippen LogP contribution is -2.64. The van der Waals surface area contributed by atoms with Crippen LogP contribution in [0.25, 0.3) is 20.2 Å². The Bertz CT molecular complexity index is 3490. The maximum Gasteiger partial charge on any atom is 0.252 e. The third kappa shape index (κ3) is 7.09. The van der Waals surface area contributed by atoms with E-state index in [0.29, 0.717) is 0 Å². The molecule has 3 nitrogen and oxygen atoms in total. The van der Waals surface area contributed by atoms with E-state index in [4.69, 9.17) is 0 Å². The molecule has 2 atom stereocenters. The fraction of sp³-hybridized carbons (Fsp3) is 0.382. The van der Waals surface area contributed by atoms with E-state index in [2.05, 4.69) is 247 Å². The van der Waals surface area contributed by atoms with Crippen LogP contribution < -0.4 is 31.1 Å². The average molecular weight is 978 g/mol. The Kier molecular flexibility index (Phi) is 10.5. The molecule has 0 bridgehead atoms. The molecule has 0 spiro atoms. The number of hydrogen-bond acceptors (Lipinski definition) is 4. The molecule has 5 heteroatoms. The van der Waals surface area contributed by atoms with Crippen molar-refractivity contribution in [3.63, 3.8) is 0 Å². The van der Waals surface area contributed by atoms with Gasteiger partial charge in [0.15, 0.2) is 0 Å². The van der Waals surface area contributed by atoms with Gasteiger partial charge >= 0.3 is 0 Å². The standard InChI is InChI=1S/C68H76BN3S/c1-41-36-46(66(12,13)14)37-42(2)59(41)71-55-39-49(70(47-27-22-43(23-28-47)63(3,4)5)48-29-24-44(25-30-48)64(6,7)8)40-56-58(55)69(53-21-19-20-52-60(53)72(56)68(16)35-18-17-34-67(52,68)15)54-33-32-51-50-31-26-45(65(9,10)11)38-57(50)73-62(51)61(54)71/h19-33,36-40H,17-18,34-35H2,1-16H3. The second kappa shape index (κ2) is 15.9. The van der Waals surface area contributed by atoms with E-state index < -0.39 is 0 Å². The topological polar surface area (TPSA) is 9.72 Å². The summed E-state index contributed by atoms with van der Waals surface area (Å²) in [5, 5.41) is 2.68. The number of fused-ring (bicyclic) bond motifs is 11. The molecule has 73 heavy (non-hydrogen) atoms. The van der Waals surface area contributed by atoms with E-state index >= 15 is 0 Å². The second-order valence-corrected chi connectivity index (χ2v) is 28.2. The number of hydrogen-bond donors (Lipinski definition) is 0. The number of anilines is 8. The molecule has 4 aliphatic rings. The summed E-state index contributed by atoms with van der Waals surface area (Å²) in [6.07, 6.45) is 4.83. The summed E-state index contributed by atoms with van der Waals surface area (Å²) >= 11 is 1.99. The molecule has 8 aromatic rings. The van der Waals surface area contributed by atoms with Crippen molar-refractivity contribution in [1.82, 2.24) is 0 Å². The van der Waals surface area contributed by atoms with Crippen LogP contribution in [0.4, 0.5) is 45.5 Å². The first-order chi connectivity index (χ1) is 34.3. The third-order valence-electron chi connectivity index (χ3n) is 18.2. The summed E-state index contributed by atoms with van der Waals surface area (Å²) in [5.74, 6) is 0. The summed E-state index contributed by atoms with van der Waals surface area (Å²) in [4.78, 5) is 8.23. The van der Waals surface area contributed by atoms with Crippen molar-refractivity contribution in [3.8, 4) is 0 Å². The average Bonchev–Trinajstić information content (AvgIpc) is 3.80. The van der Waals surface area contributed by atoms with Gasteiger partial charge in [-0.1, -0.05) is 182 Å². The molecule has 4 heterocycles. The predicted octanol–water partition coefficient (Wildman–Crippen LogP) is 17.7. The van der Waals surface area contributed by atoms with Gasteiger partial charge in [-0.15, -0.1) is 11.3 Å². The lowest BCUT2D eigenvalue weighted by molar-refractivity contribution is 0.195. The van der Waals surface area contributed by atoms with Crippen LogP contribution in [-0.4, -0.2) is 12.3 Å². The normalized spacial score (nSPS) is 19.3. The van der Waals surface area contributed by atoms with Crippen LogP contribution >= 0.6 is 11.3 Å². The van der Waals surface area contributed by atoms with E-state index in [1.165, 1.54) is 140 Å². The highest BCUT2D eigenvalue weighted by molar-refractivity contribution is 7.26. The van der Waals surface area contributed by atoms with Crippen molar-refractivity contribution in [3.05, 3.63) is 160 Å². The molecule has 0 N–H and O–H groups in total. The molecular formula is C68H76BN3S. The third-order valence-corrected chi connectivity index (χ3v) is 19.4. The van der Waals surface area contributed by atoms with Crippen molar-refractivity contribution in [2.45, 2.75) is 169 Å². The maximum absolute atomic E-state index is 2.90. The molecule has 1 aliphatic carbocycles. The minimum absolute atomic E-state index is 0.00307. The zero-order chi connectivity index (χ0) is 51.7. The molecule has 2 unspecified atom stereocenters. The van der Waals surface area contributed by atoms with Gasteiger partial charge in [0, 0.05) is 49.3 Å². The van der Waals surface area contributed by atoms with Crippen molar-refractivity contribution < 1.29 is 0 Å². The quantitative estimate of drug-likeness (QED) is 0.163. The second-order valence-electron chi connectivity index (χ2n) is 27.1. The van der Waals surface area contributed by atoms with E-state index in [0.717, 1.165) is 6.42 Å². The summed E-state index contributed by atoms with van der Waals surface area (Å²) in [6.45, 7) is 38.0. The Morgan fingerprint density at radius 2 is 1.04 bits per heavy atom. The molecule has 3 aliphatic heterocycles. The van der Waals surface area contributed by atoms with E-state index in [1.54, 1.807) is 0 Å². The first kappa shape index (κ1) is 48.2. The summed E-state index contributed by atoms with van der Waals surface area (Å²) in [7, 11) is 0. The Morgan fingerprint density at radius 3 is 1.63 bits per heavy atom. The molecular weight excluding hydrogens is 902 g/mol. The number of rotatable bonds is 4. The monoisotopic (exact) mass is 978 g/mol. The van der Waals surface area contributed by atoms with Crippen molar-refractivity contribution in [2.75, 3.05) is 14.7 Å². The molecule has 0 radical (unpaired) electrons. The maximum atomic E-state index is 2.90. The number of nitrogens with zero attached hydrogens (tertiary/aromatic N) is 3. The highest BCUT2D eigenvalue weighted by Crippen LogP contribution is 2.63. The minimum Gasteiger partial charge on any atom is -0.335 e. The van der Waals surface area contributed by atoms with Gasteiger partial charge in [-0.3, -0.25) is 0 Å². The molecule has 0 amide bonds. The fourth-order valence-corrected chi connectivity index (χ4v) is 15.1. The Hall–Kier alpha value is -5.78. The van der Waals surface area contributed by atoms with Gasteiger partial charge in [-0.05, 0) is 153 Å².